The van der Waals surface area contributed by atoms with Crippen molar-refractivity contribution in [1.82, 2.24) is 5.32 Å². The minimum Gasteiger partial charge on any atom is -0.302 e. The lowest BCUT2D eigenvalue weighted by Crippen LogP contribution is -2.22. The maximum Gasteiger partial charge on any atom is 0.0581 e. The van der Waals surface area contributed by atoms with E-state index in [1.807, 2.05) is 0 Å². The maximum atomic E-state index is 3.70. The molecule has 0 fully saturated rings. The molecule has 3 aromatic rings. The average Bonchev–Trinajstić information content (AvgIpc) is 3.04. The summed E-state index contributed by atoms with van der Waals surface area (Å²) in [5.74, 6) is 0. The Labute approximate surface area is 130 Å². The predicted molar refractivity (Wildman–Crippen MR) is 90.6 cm³/mol. The molecule has 1 heterocycles. The summed E-state index contributed by atoms with van der Waals surface area (Å²) in [6.45, 7) is 3.06. The summed E-state index contributed by atoms with van der Waals surface area (Å²) < 4.78 is 0. The Kier molecular flexibility index (Phi) is 4.49. The van der Waals surface area contributed by atoms with Crippen LogP contribution in [0.1, 0.15) is 28.3 Å². The molecule has 0 spiro atoms. The van der Waals surface area contributed by atoms with Gasteiger partial charge in [-0.05, 0) is 46.0 Å². The second-order valence-electron chi connectivity index (χ2n) is 5.21. The third-order valence-corrected chi connectivity index (χ3v) is 4.45. The highest BCUT2D eigenvalue weighted by Crippen LogP contribution is 2.25. The van der Waals surface area contributed by atoms with Crippen molar-refractivity contribution in [3.8, 4) is 0 Å². The Hall–Kier alpha value is -1.90. The summed E-state index contributed by atoms with van der Waals surface area (Å²) in [7, 11) is 0. The molecule has 0 radical (unpaired) electrons. The van der Waals surface area contributed by atoms with Crippen molar-refractivity contribution in [3.63, 3.8) is 0 Å². The Balaban J connectivity index is 1.90. The van der Waals surface area contributed by atoms with Crippen LogP contribution < -0.4 is 5.32 Å². The molecule has 0 bridgehead atoms. The van der Waals surface area contributed by atoms with Gasteiger partial charge in [0, 0.05) is 6.54 Å². The van der Waals surface area contributed by atoms with E-state index in [9.17, 15) is 0 Å². The zero-order chi connectivity index (χ0) is 14.5. The molecule has 1 unspecified atom stereocenters. The second kappa shape index (κ2) is 6.70. The molecule has 0 saturated heterocycles. The van der Waals surface area contributed by atoms with E-state index in [2.05, 4.69) is 83.7 Å². The molecule has 1 atom stereocenters. The fourth-order valence-electron chi connectivity index (χ4n) is 2.58. The Morgan fingerprint density at radius 3 is 2.43 bits per heavy atom. The first-order chi connectivity index (χ1) is 10.3. The number of hydrogen-bond acceptors (Lipinski definition) is 2. The number of aryl methyl sites for hydroxylation is 1. The first-order valence-corrected chi connectivity index (χ1v) is 8.14. The van der Waals surface area contributed by atoms with Crippen molar-refractivity contribution in [2.24, 2.45) is 0 Å². The standard InChI is InChI=1S/C19H19NS/c1-15-7-5-6-10-18(15)19(17-8-3-2-4-9-17)20-13-16-11-12-21-14-16/h2-12,14,19-20H,13H2,1H3. The van der Waals surface area contributed by atoms with Gasteiger partial charge in [-0.2, -0.15) is 11.3 Å². The fraction of sp³-hybridized carbons (Fsp3) is 0.158. The highest BCUT2D eigenvalue weighted by atomic mass is 32.1. The van der Waals surface area contributed by atoms with Crippen molar-refractivity contribution >= 4 is 11.3 Å². The van der Waals surface area contributed by atoms with Crippen LogP contribution in [0.3, 0.4) is 0 Å². The molecule has 2 aromatic carbocycles. The van der Waals surface area contributed by atoms with E-state index in [-0.39, 0.29) is 6.04 Å². The lowest BCUT2D eigenvalue weighted by atomic mass is 9.95. The van der Waals surface area contributed by atoms with E-state index in [0.717, 1.165) is 6.54 Å². The van der Waals surface area contributed by atoms with Gasteiger partial charge in [0.05, 0.1) is 6.04 Å². The monoisotopic (exact) mass is 293 g/mol. The van der Waals surface area contributed by atoms with E-state index in [0.29, 0.717) is 0 Å². The third kappa shape index (κ3) is 3.41. The van der Waals surface area contributed by atoms with Gasteiger partial charge < -0.3 is 5.32 Å². The molecule has 0 aliphatic heterocycles. The van der Waals surface area contributed by atoms with E-state index in [1.54, 1.807) is 11.3 Å². The molecule has 0 saturated carbocycles. The van der Waals surface area contributed by atoms with Gasteiger partial charge >= 0.3 is 0 Å². The van der Waals surface area contributed by atoms with Crippen molar-refractivity contribution in [1.29, 1.82) is 0 Å². The van der Waals surface area contributed by atoms with Crippen LogP contribution in [0.4, 0.5) is 0 Å². The molecular formula is C19H19NS. The lowest BCUT2D eigenvalue weighted by Gasteiger charge is -2.21. The molecule has 1 N–H and O–H groups in total. The molecular weight excluding hydrogens is 274 g/mol. The van der Waals surface area contributed by atoms with Crippen molar-refractivity contribution in [3.05, 3.63) is 93.7 Å². The average molecular weight is 293 g/mol. The lowest BCUT2D eigenvalue weighted by molar-refractivity contribution is 0.603. The normalized spacial score (nSPS) is 12.2. The van der Waals surface area contributed by atoms with Gasteiger partial charge in [0.2, 0.25) is 0 Å². The van der Waals surface area contributed by atoms with Gasteiger partial charge in [-0.25, -0.2) is 0 Å². The Morgan fingerprint density at radius 1 is 0.952 bits per heavy atom. The van der Waals surface area contributed by atoms with Crippen LogP contribution in [-0.2, 0) is 6.54 Å². The van der Waals surface area contributed by atoms with Gasteiger partial charge in [0.1, 0.15) is 0 Å². The van der Waals surface area contributed by atoms with Crippen LogP contribution >= 0.6 is 11.3 Å². The summed E-state index contributed by atoms with van der Waals surface area (Å²) in [6, 6.07) is 21.7. The SMILES string of the molecule is Cc1ccccc1C(NCc1ccsc1)c1ccccc1. The number of benzene rings is 2. The highest BCUT2D eigenvalue weighted by Gasteiger charge is 2.15. The molecule has 106 valence electrons. The molecule has 0 amide bonds. The van der Waals surface area contributed by atoms with Gasteiger partial charge in [-0.3, -0.25) is 0 Å². The van der Waals surface area contributed by atoms with E-state index >= 15 is 0 Å². The van der Waals surface area contributed by atoms with Crippen molar-refractivity contribution in [2.75, 3.05) is 0 Å². The topological polar surface area (TPSA) is 12.0 Å². The first kappa shape index (κ1) is 14.1. The summed E-state index contributed by atoms with van der Waals surface area (Å²) in [4.78, 5) is 0. The van der Waals surface area contributed by atoms with E-state index < -0.39 is 0 Å². The first-order valence-electron chi connectivity index (χ1n) is 7.19. The minimum atomic E-state index is 0.229. The smallest absolute Gasteiger partial charge is 0.0581 e. The largest absolute Gasteiger partial charge is 0.302 e. The summed E-state index contributed by atoms with van der Waals surface area (Å²) in [6.07, 6.45) is 0. The van der Waals surface area contributed by atoms with Crippen molar-refractivity contribution < 1.29 is 0 Å². The van der Waals surface area contributed by atoms with Crippen LogP contribution in [0.2, 0.25) is 0 Å². The fourth-order valence-corrected chi connectivity index (χ4v) is 3.25. The van der Waals surface area contributed by atoms with Crippen LogP contribution in [-0.4, -0.2) is 0 Å². The van der Waals surface area contributed by atoms with Crippen LogP contribution in [0.25, 0.3) is 0 Å². The van der Waals surface area contributed by atoms with Crippen LogP contribution in [0, 0.1) is 6.92 Å². The second-order valence-corrected chi connectivity index (χ2v) is 5.99. The number of thiophene rings is 1. The predicted octanol–water partition coefficient (Wildman–Crippen LogP) is 4.94. The van der Waals surface area contributed by atoms with Crippen LogP contribution in [0.5, 0.6) is 0 Å². The highest BCUT2D eigenvalue weighted by molar-refractivity contribution is 7.07. The molecule has 1 aromatic heterocycles. The van der Waals surface area contributed by atoms with Gasteiger partial charge in [-0.15, -0.1) is 0 Å². The Morgan fingerprint density at radius 2 is 1.71 bits per heavy atom. The number of nitrogens with one attached hydrogen (secondary N) is 1. The summed E-state index contributed by atoms with van der Waals surface area (Å²) in [5.41, 5.74) is 5.32. The Bertz CT molecular complexity index is 674. The van der Waals surface area contributed by atoms with Crippen molar-refractivity contribution in [2.45, 2.75) is 19.5 Å². The third-order valence-electron chi connectivity index (χ3n) is 3.72. The summed E-state index contributed by atoms with van der Waals surface area (Å²) >= 11 is 1.75. The quantitative estimate of drug-likeness (QED) is 0.703. The van der Waals surface area contributed by atoms with E-state index in [1.165, 1.54) is 22.3 Å². The molecule has 1 nitrogen and oxygen atoms in total. The molecule has 0 aliphatic carbocycles. The number of hydrogen-bond donors (Lipinski definition) is 1. The van der Waals surface area contributed by atoms with Gasteiger partial charge in [0.25, 0.3) is 0 Å². The van der Waals surface area contributed by atoms with Gasteiger partial charge in [0.15, 0.2) is 0 Å². The van der Waals surface area contributed by atoms with Gasteiger partial charge in [-0.1, -0.05) is 54.6 Å². The summed E-state index contributed by atoms with van der Waals surface area (Å²) in [5, 5.41) is 8.03. The maximum absolute atomic E-state index is 3.70. The zero-order valence-corrected chi connectivity index (χ0v) is 12.9. The molecule has 0 aliphatic rings. The molecule has 3 rings (SSSR count). The minimum absolute atomic E-state index is 0.229. The van der Waals surface area contributed by atoms with Crippen LogP contribution in [0.15, 0.2) is 71.4 Å². The number of rotatable bonds is 5. The zero-order valence-electron chi connectivity index (χ0n) is 12.1. The molecule has 2 heteroatoms. The molecule has 21 heavy (non-hydrogen) atoms. The van der Waals surface area contributed by atoms with E-state index in [4.69, 9.17) is 0 Å².